The van der Waals surface area contributed by atoms with E-state index < -0.39 is 0 Å². The van der Waals surface area contributed by atoms with Crippen LogP contribution < -0.4 is 5.73 Å². The Kier molecular flexibility index (Phi) is 4.21. The van der Waals surface area contributed by atoms with Crippen LogP contribution in [-0.4, -0.2) is 29.9 Å². The van der Waals surface area contributed by atoms with E-state index in [-0.39, 0.29) is 17.9 Å². The van der Waals surface area contributed by atoms with Gasteiger partial charge in [0.05, 0.1) is 6.04 Å². The van der Waals surface area contributed by atoms with Gasteiger partial charge in [0.2, 0.25) is 5.91 Å². The van der Waals surface area contributed by atoms with Gasteiger partial charge >= 0.3 is 0 Å². The van der Waals surface area contributed by atoms with Gasteiger partial charge in [-0.1, -0.05) is 34.6 Å². The molecule has 1 aliphatic heterocycles. The highest BCUT2D eigenvalue weighted by atomic mass is 16.2. The molecule has 2 rings (SSSR count). The highest BCUT2D eigenvalue weighted by Crippen LogP contribution is 2.57. The average molecular weight is 280 g/mol. The maximum atomic E-state index is 12.3. The lowest BCUT2D eigenvalue weighted by Gasteiger charge is -2.56. The van der Waals surface area contributed by atoms with Crippen molar-refractivity contribution < 1.29 is 4.79 Å². The van der Waals surface area contributed by atoms with E-state index >= 15 is 0 Å². The lowest BCUT2D eigenvalue weighted by atomic mass is 9.52. The molecule has 20 heavy (non-hydrogen) atoms. The fourth-order valence-electron chi connectivity index (χ4n) is 3.70. The zero-order valence-corrected chi connectivity index (χ0v) is 13.9. The van der Waals surface area contributed by atoms with E-state index in [1.54, 1.807) is 0 Å². The van der Waals surface area contributed by atoms with E-state index in [4.69, 9.17) is 5.73 Å². The minimum Gasteiger partial charge on any atom is -0.341 e. The van der Waals surface area contributed by atoms with Crippen molar-refractivity contribution >= 4 is 5.91 Å². The smallest absolute Gasteiger partial charge is 0.239 e. The summed E-state index contributed by atoms with van der Waals surface area (Å²) in [5, 5.41) is 0. The van der Waals surface area contributed by atoms with Crippen molar-refractivity contribution in [2.45, 2.75) is 66.3 Å². The Bertz CT molecular complexity index is 354. The summed E-state index contributed by atoms with van der Waals surface area (Å²) in [7, 11) is 0. The number of hydrogen-bond donors (Lipinski definition) is 1. The van der Waals surface area contributed by atoms with Crippen molar-refractivity contribution in [2.24, 2.45) is 28.4 Å². The maximum absolute atomic E-state index is 12.3. The predicted octanol–water partition coefficient (Wildman–Crippen LogP) is 3.03. The number of hydrogen-bond acceptors (Lipinski definition) is 2. The molecule has 2 N–H and O–H groups in total. The fourth-order valence-corrected chi connectivity index (χ4v) is 3.70. The number of carbonyl (C=O) groups excluding carboxylic acids is 1. The van der Waals surface area contributed by atoms with Gasteiger partial charge < -0.3 is 10.6 Å². The summed E-state index contributed by atoms with van der Waals surface area (Å²) in [5.41, 5.74) is 6.97. The van der Waals surface area contributed by atoms with Gasteiger partial charge in [0.15, 0.2) is 0 Å². The number of rotatable bonds is 2. The van der Waals surface area contributed by atoms with Gasteiger partial charge in [-0.15, -0.1) is 0 Å². The molecule has 0 radical (unpaired) electrons. The van der Waals surface area contributed by atoms with E-state index in [1.165, 1.54) is 25.7 Å². The summed E-state index contributed by atoms with van der Waals surface area (Å²) in [5.74, 6) is 1.25. The van der Waals surface area contributed by atoms with Crippen molar-refractivity contribution in [3.05, 3.63) is 0 Å². The van der Waals surface area contributed by atoms with Gasteiger partial charge in [-0.25, -0.2) is 0 Å². The van der Waals surface area contributed by atoms with Crippen LogP contribution in [0, 0.1) is 22.7 Å². The van der Waals surface area contributed by atoms with Crippen molar-refractivity contribution in [3.8, 4) is 0 Å². The molecular weight excluding hydrogens is 248 g/mol. The van der Waals surface area contributed by atoms with Gasteiger partial charge in [-0.3, -0.25) is 4.79 Å². The van der Waals surface area contributed by atoms with Gasteiger partial charge in [0.25, 0.3) is 0 Å². The Balaban J connectivity index is 1.84. The van der Waals surface area contributed by atoms with Crippen LogP contribution in [0.2, 0.25) is 0 Å². The monoisotopic (exact) mass is 280 g/mol. The summed E-state index contributed by atoms with van der Waals surface area (Å²) < 4.78 is 0. The topological polar surface area (TPSA) is 46.3 Å². The Morgan fingerprint density at radius 1 is 1.20 bits per heavy atom. The molecule has 1 saturated heterocycles. The summed E-state index contributed by atoms with van der Waals surface area (Å²) in [6, 6.07) is -0.326. The van der Waals surface area contributed by atoms with Crippen LogP contribution in [-0.2, 0) is 4.79 Å². The van der Waals surface area contributed by atoms with Gasteiger partial charge in [-0.2, -0.15) is 0 Å². The number of likely N-dealkylation sites (tertiary alicyclic amines) is 1. The molecule has 0 aromatic rings. The molecule has 3 heteroatoms. The second-order valence-electron chi connectivity index (χ2n) is 8.57. The zero-order valence-electron chi connectivity index (χ0n) is 13.9. The van der Waals surface area contributed by atoms with Crippen LogP contribution in [0.1, 0.15) is 60.3 Å². The number of carbonyl (C=O) groups is 1. The summed E-state index contributed by atoms with van der Waals surface area (Å²) in [4.78, 5) is 14.3. The summed E-state index contributed by atoms with van der Waals surface area (Å²) in [6.45, 7) is 12.9. The maximum Gasteiger partial charge on any atom is 0.239 e. The number of amides is 1. The molecule has 1 saturated carbocycles. The van der Waals surface area contributed by atoms with E-state index in [0.717, 1.165) is 19.0 Å². The van der Waals surface area contributed by atoms with Crippen molar-refractivity contribution in [3.63, 3.8) is 0 Å². The average Bonchev–Trinajstić information content (AvgIpc) is 2.33. The standard InChI is InChI=1S/C17H32N2O/c1-12(2)14(18)15(20)19-8-6-17(7-9-19)10-13(11-17)16(3,4)5/h12-14H,6-11,18H2,1-5H3. The highest BCUT2D eigenvalue weighted by Gasteiger charge is 2.49. The van der Waals surface area contributed by atoms with Gasteiger partial charge in [0.1, 0.15) is 0 Å². The quantitative estimate of drug-likeness (QED) is 0.845. The molecule has 1 heterocycles. The lowest BCUT2D eigenvalue weighted by molar-refractivity contribution is -0.139. The van der Waals surface area contributed by atoms with Crippen LogP contribution >= 0.6 is 0 Å². The predicted molar refractivity (Wildman–Crippen MR) is 83.2 cm³/mol. The summed E-state index contributed by atoms with van der Waals surface area (Å²) in [6.07, 6.45) is 5.07. The van der Waals surface area contributed by atoms with Crippen molar-refractivity contribution in [2.75, 3.05) is 13.1 Å². The largest absolute Gasteiger partial charge is 0.341 e. The first-order chi connectivity index (χ1) is 9.15. The van der Waals surface area contributed by atoms with Crippen molar-refractivity contribution in [1.82, 2.24) is 4.90 Å². The first kappa shape index (κ1) is 15.8. The molecular formula is C17H32N2O. The third-order valence-electron chi connectivity index (χ3n) is 5.72. The number of nitrogens with zero attached hydrogens (tertiary/aromatic N) is 1. The first-order valence-corrected chi connectivity index (χ1v) is 8.19. The van der Waals surface area contributed by atoms with Crippen LogP contribution in [0.15, 0.2) is 0 Å². The SMILES string of the molecule is CC(C)C(N)C(=O)N1CCC2(CC1)CC(C(C)(C)C)C2. The first-order valence-electron chi connectivity index (χ1n) is 8.19. The van der Waals surface area contributed by atoms with Crippen LogP contribution in [0.5, 0.6) is 0 Å². The molecule has 2 aliphatic rings. The molecule has 1 unspecified atom stereocenters. The highest BCUT2D eigenvalue weighted by molar-refractivity contribution is 5.82. The normalized spacial score (nSPS) is 24.9. The number of piperidine rings is 1. The molecule has 1 amide bonds. The van der Waals surface area contributed by atoms with E-state index in [9.17, 15) is 4.79 Å². The minimum atomic E-state index is -0.326. The zero-order chi connectivity index (χ0) is 15.1. The molecule has 0 aromatic heterocycles. The van der Waals surface area contributed by atoms with Crippen LogP contribution in [0.4, 0.5) is 0 Å². The Morgan fingerprint density at radius 3 is 2.10 bits per heavy atom. The van der Waals surface area contributed by atoms with Gasteiger partial charge in [0, 0.05) is 13.1 Å². The molecule has 1 aliphatic carbocycles. The molecule has 116 valence electrons. The molecule has 0 aromatic carbocycles. The molecule has 1 spiro atoms. The van der Waals surface area contributed by atoms with Gasteiger partial charge in [-0.05, 0) is 48.3 Å². The Morgan fingerprint density at radius 2 is 1.70 bits per heavy atom. The third kappa shape index (κ3) is 3.03. The van der Waals surface area contributed by atoms with Crippen molar-refractivity contribution in [1.29, 1.82) is 0 Å². The second-order valence-corrected chi connectivity index (χ2v) is 8.57. The van der Waals surface area contributed by atoms with E-state index in [1.807, 2.05) is 18.7 Å². The third-order valence-corrected chi connectivity index (χ3v) is 5.72. The van der Waals surface area contributed by atoms with E-state index in [0.29, 0.717) is 10.8 Å². The molecule has 2 fully saturated rings. The molecule has 1 atom stereocenters. The molecule has 3 nitrogen and oxygen atoms in total. The Labute approximate surface area is 124 Å². The summed E-state index contributed by atoms with van der Waals surface area (Å²) >= 11 is 0. The second kappa shape index (κ2) is 5.32. The van der Waals surface area contributed by atoms with E-state index in [2.05, 4.69) is 20.8 Å². The van der Waals surface area contributed by atoms with Crippen LogP contribution in [0.25, 0.3) is 0 Å². The van der Waals surface area contributed by atoms with Crippen LogP contribution in [0.3, 0.4) is 0 Å². The minimum absolute atomic E-state index is 0.154. The Hall–Kier alpha value is -0.570. The lowest BCUT2D eigenvalue weighted by Crippen LogP contribution is -2.54. The number of nitrogens with two attached hydrogens (primary N) is 1. The fraction of sp³-hybridized carbons (Fsp3) is 0.941. The molecule has 0 bridgehead atoms.